The van der Waals surface area contributed by atoms with E-state index in [9.17, 15) is 4.79 Å². The summed E-state index contributed by atoms with van der Waals surface area (Å²) in [5, 5.41) is 5.17. The Hall–Kier alpha value is -1.61. The number of carbonyl (C=O) groups excluding carboxylic acids is 1. The monoisotopic (exact) mass is 304 g/mol. The molecule has 0 bridgehead atoms. The Morgan fingerprint density at radius 1 is 1.19 bits per heavy atom. The Morgan fingerprint density at radius 3 is 2.57 bits per heavy atom. The van der Waals surface area contributed by atoms with E-state index in [-0.39, 0.29) is 5.78 Å². The van der Waals surface area contributed by atoms with Crippen LogP contribution in [0.2, 0.25) is 5.02 Å². The van der Waals surface area contributed by atoms with Gasteiger partial charge in [0.1, 0.15) is 5.78 Å². The second kappa shape index (κ2) is 7.41. The lowest BCUT2D eigenvalue weighted by molar-refractivity contribution is -0.117. The molecule has 2 aromatic rings. The van der Waals surface area contributed by atoms with Crippen LogP contribution in [0, 0.1) is 0 Å². The SMILES string of the molecule is CCC(CC)n1ccc(CC(=O)Cc2ccccc2Cl)n1. The average Bonchev–Trinajstić information content (AvgIpc) is 2.91. The maximum absolute atomic E-state index is 12.1. The maximum Gasteiger partial charge on any atom is 0.143 e. The van der Waals surface area contributed by atoms with Crippen LogP contribution < -0.4 is 0 Å². The zero-order valence-electron chi connectivity index (χ0n) is 12.6. The van der Waals surface area contributed by atoms with Crippen molar-refractivity contribution in [2.24, 2.45) is 0 Å². The van der Waals surface area contributed by atoms with Gasteiger partial charge in [-0.2, -0.15) is 5.10 Å². The Bertz CT molecular complexity index is 602. The summed E-state index contributed by atoms with van der Waals surface area (Å²) in [6.45, 7) is 4.30. The van der Waals surface area contributed by atoms with Crippen LogP contribution in [0.15, 0.2) is 36.5 Å². The summed E-state index contributed by atoms with van der Waals surface area (Å²) in [7, 11) is 0. The first-order valence-corrected chi connectivity index (χ1v) is 7.81. The Labute approximate surface area is 130 Å². The van der Waals surface area contributed by atoms with Gasteiger partial charge in [0, 0.05) is 17.6 Å². The topological polar surface area (TPSA) is 34.9 Å². The lowest BCUT2D eigenvalue weighted by Gasteiger charge is -2.12. The predicted molar refractivity (Wildman–Crippen MR) is 85.7 cm³/mol. The molecular weight excluding hydrogens is 284 g/mol. The first kappa shape index (κ1) is 15.8. The summed E-state index contributed by atoms with van der Waals surface area (Å²) < 4.78 is 1.97. The number of hydrogen-bond donors (Lipinski definition) is 0. The molecule has 0 fully saturated rings. The third-order valence-electron chi connectivity index (χ3n) is 3.70. The molecule has 3 nitrogen and oxygen atoms in total. The van der Waals surface area contributed by atoms with E-state index < -0.39 is 0 Å². The lowest BCUT2D eigenvalue weighted by Crippen LogP contribution is -2.10. The highest BCUT2D eigenvalue weighted by Gasteiger charge is 2.12. The van der Waals surface area contributed by atoms with Crippen LogP contribution in [-0.2, 0) is 17.6 Å². The molecule has 1 heterocycles. The molecule has 0 N–H and O–H groups in total. The van der Waals surface area contributed by atoms with Gasteiger partial charge in [-0.15, -0.1) is 0 Å². The van der Waals surface area contributed by atoms with Crippen molar-refractivity contribution in [3.8, 4) is 0 Å². The number of Topliss-reactive ketones (excluding diaryl/α,β-unsaturated/α-hetero) is 1. The van der Waals surface area contributed by atoms with E-state index >= 15 is 0 Å². The largest absolute Gasteiger partial charge is 0.299 e. The van der Waals surface area contributed by atoms with E-state index in [1.165, 1.54) is 0 Å². The minimum absolute atomic E-state index is 0.137. The molecule has 0 saturated heterocycles. The van der Waals surface area contributed by atoms with Crippen molar-refractivity contribution in [1.82, 2.24) is 9.78 Å². The van der Waals surface area contributed by atoms with Crippen LogP contribution in [0.5, 0.6) is 0 Å². The summed E-state index contributed by atoms with van der Waals surface area (Å²) in [6.07, 6.45) is 4.78. The van der Waals surface area contributed by atoms with Crippen LogP contribution in [0.4, 0.5) is 0 Å². The minimum Gasteiger partial charge on any atom is -0.299 e. The highest BCUT2D eigenvalue weighted by Crippen LogP contribution is 2.17. The summed E-state index contributed by atoms with van der Waals surface area (Å²) in [4.78, 5) is 12.1. The highest BCUT2D eigenvalue weighted by molar-refractivity contribution is 6.31. The molecule has 0 atom stereocenters. The first-order chi connectivity index (χ1) is 10.1. The lowest BCUT2D eigenvalue weighted by atomic mass is 10.1. The van der Waals surface area contributed by atoms with Crippen LogP contribution in [0.25, 0.3) is 0 Å². The van der Waals surface area contributed by atoms with E-state index in [0.717, 1.165) is 24.1 Å². The van der Waals surface area contributed by atoms with Crippen LogP contribution in [-0.4, -0.2) is 15.6 Å². The van der Waals surface area contributed by atoms with Crippen molar-refractivity contribution >= 4 is 17.4 Å². The number of benzene rings is 1. The van der Waals surface area contributed by atoms with E-state index in [1.54, 1.807) is 0 Å². The maximum atomic E-state index is 12.1. The molecule has 0 amide bonds. The zero-order valence-corrected chi connectivity index (χ0v) is 13.3. The predicted octanol–water partition coefficient (Wildman–Crippen LogP) is 4.25. The fourth-order valence-corrected chi connectivity index (χ4v) is 2.66. The van der Waals surface area contributed by atoms with Gasteiger partial charge in [-0.1, -0.05) is 43.6 Å². The molecule has 0 unspecified atom stereocenters. The van der Waals surface area contributed by atoms with Gasteiger partial charge in [-0.3, -0.25) is 9.48 Å². The van der Waals surface area contributed by atoms with Gasteiger partial charge in [-0.25, -0.2) is 0 Å². The molecule has 0 aliphatic carbocycles. The molecule has 1 aromatic heterocycles. The van der Waals surface area contributed by atoms with Crippen molar-refractivity contribution in [2.45, 2.75) is 45.6 Å². The van der Waals surface area contributed by atoms with Crippen LogP contribution >= 0.6 is 11.6 Å². The molecule has 0 radical (unpaired) electrons. The smallest absolute Gasteiger partial charge is 0.143 e. The summed E-state index contributed by atoms with van der Waals surface area (Å²) in [5.41, 5.74) is 1.71. The molecule has 0 saturated carbocycles. The molecule has 21 heavy (non-hydrogen) atoms. The number of aromatic nitrogens is 2. The number of nitrogens with zero attached hydrogens (tertiary/aromatic N) is 2. The van der Waals surface area contributed by atoms with Gasteiger partial charge in [0.05, 0.1) is 18.2 Å². The van der Waals surface area contributed by atoms with Gasteiger partial charge >= 0.3 is 0 Å². The van der Waals surface area contributed by atoms with Crippen molar-refractivity contribution in [3.05, 3.63) is 52.8 Å². The first-order valence-electron chi connectivity index (χ1n) is 7.43. The Balaban J connectivity index is 1.99. The van der Waals surface area contributed by atoms with Crippen LogP contribution in [0.1, 0.15) is 44.0 Å². The number of hydrogen-bond acceptors (Lipinski definition) is 2. The fourth-order valence-electron chi connectivity index (χ4n) is 2.46. The minimum atomic E-state index is 0.137. The van der Waals surface area contributed by atoms with E-state index in [2.05, 4.69) is 18.9 Å². The highest BCUT2D eigenvalue weighted by atomic mass is 35.5. The Morgan fingerprint density at radius 2 is 1.90 bits per heavy atom. The summed E-state index contributed by atoms with van der Waals surface area (Å²) in [5.74, 6) is 0.137. The van der Waals surface area contributed by atoms with Crippen molar-refractivity contribution < 1.29 is 4.79 Å². The average molecular weight is 305 g/mol. The van der Waals surface area contributed by atoms with Gasteiger partial charge < -0.3 is 0 Å². The molecule has 0 spiro atoms. The standard InChI is InChI=1S/C17H21ClN2O/c1-3-15(4-2)20-10-9-14(19-20)12-16(21)11-13-7-5-6-8-17(13)18/h5-10,15H,3-4,11-12H2,1-2H3. The molecule has 4 heteroatoms. The van der Waals surface area contributed by atoms with E-state index in [1.807, 2.05) is 41.2 Å². The Kier molecular flexibility index (Phi) is 5.57. The number of halogens is 1. The summed E-state index contributed by atoms with van der Waals surface area (Å²) in [6, 6.07) is 9.82. The molecular formula is C17H21ClN2O. The molecule has 0 aliphatic rings. The summed E-state index contributed by atoms with van der Waals surface area (Å²) >= 11 is 6.08. The van der Waals surface area contributed by atoms with Gasteiger partial charge in [-0.05, 0) is 30.5 Å². The van der Waals surface area contributed by atoms with Crippen LogP contribution in [0.3, 0.4) is 0 Å². The van der Waals surface area contributed by atoms with E-state index in [0.29, 0.717) is 23.9 Å². The zero-order chi connectivity index (χ0) is 15.2. The van der Waals surface area contributed by atoms with Crippen molar-refractivity contribution in [2.75, 3.05) is 0 Å². The third kappa shape index (κ3) is 4.18. The molecule has 2 rings (SSSR count). The number of ketones is 1. The van der Waals surface area contributed by atoms with E-state index in [4.69, 9.17) is 11.6 Å². The number of carbonyl (C=O) groups is 1. The fraction of sp³-hybridized carbons (Fsp3) is 0.412. The molecule has 1 aromatic carbocycles. The number of rotatable bonds is 7. The quantitative estimate of drug-likeness (QED) is 0.766. The van der Waals surface area contributed by atoms with Gasteiger partial charge in [0.25, 0.3) is 0 Å². The van der Waals surface area contributed by atoms with Gasteiger partial charge in [0.2, 0.25) is 0 Å². The van der Waals surface area contributed by atoms with Crippen molar-refractivity contribution in [1.29, 1.82) is 0 Å². The molecule has 112 valence electrons. The third-order valence-corrected chi connectivity index (χ3v) is 4.07. The second-order valence-corrected chi connectivity index (χ2v) is 5.65. The van der Waals surface area contributed by atoms with Crippen molar-refractivity contribution in [3.63, 3.8) is 0 Å². The normalized spacial score (nSPS) is 11.0. The second-order valence-electron chi connectivity index (χ2n) is 5.24. The molecule has 0 aliphatic heterocycles. The van der Waals surface area contributed by atoms with Gasteiger partial charge in [0.15, 0.2) is 0 Å².